The molecule has 0 spiro atoms. The van der Waals surface area contributed by atoms with Crippen molar-refractivity contribution < 1.29 is 4.42 Å². The topological polar surface area (TPSA) is 28.9 Å². The van der Waals surface area contributed by atoms with Crippen LogP contribution in [-0.2, 0) is 0 Å². The van der Waals surface area contributed by atoms with Gasteiger partial charge >= 0.3 is 0 Å². The van der Waals surface area contributed by atoms with Crippen LogP contribution in [-0.4, -0.2) is 4.98 Å². The molecular weight excluding hydrogens is 366 g/mol. The predicted molar refractivity (Wildman–Crippen MR) is 126 cm³/mol. The summed E-state index contributed by atoms with van der Waals surface area (Å²) in [4.78, 5) is 3.53. The number of benzene rings is 5. The first-order valence-electron chi connectivity index (χ1n) is 10.2. The fourth-order valence-corrected chi connectivity index (χ4v) is 4.89. The summed E-state index contributed by atoms with van der Waals surface area (Å²) in [5, 5.41) is 7.18. The Bertz CT molecular complexity index is 1740. The summed E-state index contributed by atoms with van der Waals surface area (Å²) in [6.45, 7) is 0. The fourth-order valence-electron chi connectivity index (χ4n) is 4.89. The van der Waals surface area contributed by atoms with E-state index in [0.717, 1.165) is 33.0 Å². The minimum absolute atomic E-state index is 0.931. The minimum Gasteiger partial charge on any atom is -0.455 e. The Balaban J connectivity index is 1.71. The van der Waals surface area contributed by atoms with E-state index in [1.54, 1.807) is 0 Å². The van der Waals surface area contributed by atoms with Gasteiger partial charge in [-0.05, 0) is 46.2 Å². The van der Waals surface area contributed by atoms with Crippen molar-refractivity contribution in [3.63, 3.8) is 0 Å². The zero-order chi connectivity index (χ0) is 19.7. The lowest BCUT2D eigenvalue weighted by Gasteiger charge is -2.08. The molecule has 0 unspecified atom stereocenters. The van der Waals surface area contributed by atoms with Crippen LogP contribution in [0.3, 0.4) is 0 Å². The monoisotopic (exact) mass is 383 g/mol. The second-order valence-electron chi connectivity index (χ2n) is 7.85. The molecule has 0 aliphatic heterocycles. The summed E-state index contributed by atoms with van der Waals surface area (Å²) in [6, 6.07) is 34.2. The normalized spacial score (nSPS) is 12.0. The van der Waals surface area contributed by atoms with E-state index in [0.29, 0.717) is 0 Å². The Morgan fingerprint density at radius 3 is 2.13 bits per heavy atom. The zero-order valence-corrected chi connectivity index (χ0v) is 16.1. The Morgan fingerprint density at radius 1 is 0.533 bits per heavy atom. The molecule has 0 fully saturated rings. The van der Waals surface area contributed by atoms with Crippen LogP contribution in [0.25, 0.3) is 65.6 Å². The van der Waals surface area contributed by atoms with Gasteiger partial charge in [0.05, 0.1) is 10.9 Å². The van der Waals surface area contributed by atoms with Gasteiger partial charge in [0.25, 0.3) is 0 Å². The van der Waals surface area contributed by atoms with Gasteiger partial charge in [-0.3, -0.25) is 0 Å². The Morgan fingerprint density at radius 2 is 1.27 bits per heavy atom. The average molecular weight is 383 g/mol. The minimum atomic E-state index is 0.931. The first-order chi connectivity index (χ1) is 14.9. The maximum absolute atomic E-state index is 6.58. The predicted octanol–water partition coefficient (Wildman–Crippen LogP) is 8.04. The van der Waals surface area contributed by atoms with E-state index in [1.807, 2.05) is 0 Å². The summed E-state index contributed by atoms with van der Waals surface area (Å²) >= 11 is 0. The average Bonchev–Trinajstić information content (AvgIpc) is 3.37. The van der Waals surface area contributed by atoms with E-state index in [1.165, 1.54) is 32.7 Å². The van der Waals surface area contributed by atoms with Gasteiger partial charge in [0.15, 0.2) is 0 Å². The van der Waals surface area contributed by atoms with Crippen LogP contribution in [0.4, 0.5) is 0 Å². The molecule has 0 saturated heterocycles. The van der Waals surface area contributed by atoms with Crippen molar-refractivity contribution in [1.29, 1.82) is 0 Å². The van der Waals surface area contributed by atoms with Gasteiger partial charge in [-0.15, -0.1) is 0 Å². The smallest absolute Gasteiger partial charge is 0.145 e. The molecule has 7 rings (SSSR count). The first kappa shape index (κ1) is 15.8. The van der Waals surface area contributed by atoms with Gasteiger partial charge in [0, 0.05) is 21.7 Å². The number of aromatic nitrogens is 1. The second-order valence-corrected chi connectivity index (χ2v) is 7.85. The highest BCUT2D eigenvalue weighted by molar-refractivity contribution is 6.28. The Hall–Kier alpha value is -4.04. The molecule has 0 aliphatic rings. The third-order valence-corrected chi connectivity index (χ3v) is 6.20. The molecular formula is C28H17NO. The van der Waals surface area contributed by atoms with E-state index in [-0.39, 0.29) is 0 Å². The largest absolute Gasteiger partial charge is 0.455 e. The number of H-pyrrole nitrogens is 1. The van der Waals surface area contributed by atoms with Crippen molar-refractivity contribution in [3.05, 3.63) is 97.1 Å². The van der Waals surface area contributed by atoms with Crippen LogP contribution in [0, 0.1) is 0 Å². The summed E-state index contributed by atoms with van der Waals surface area (Å²) in [5.74, 6) is 0. The number of fused-ring (bicyclic) bond motifs is 9. The number of hydrogen-bond donors (Lipinski definition) is 1. The van der Waals surface area contributed by atoms with Crippen LogP contribution >= 0.6 is 0 Å². The van der Waals surface area contributed by atoms with Crippen molar-refractivity contribution in [2.24, 2.45) is 0 Å². The van der Waals surface area contributed by atoms with Crippen LogP contribution in [0.1, 0.15) is 0 Å². The van der Waals surface area contributed by atoms with E-state index in [9.17, 15) is 0 Å². The first-order valence-corrected chi connectivity index (χ1v) is 10.2. The van der Waals surface area contributed by atoms with Crippen molar-refractivity contribution in [2.75, 3.05) is 0 Å². The molecule has 2 aromatic heterocycles. The molecule has 30 heavy (non-hydrogen) atoms. The molecule has 0 atom stereocenters. The molecule has 2 heteroatoms. The SMILES string of the molecule is c1ccc(-c2cc3oc4c(ccc5[nH]c6ccccc6c54)c3c3ccccc23)cc1. The number of aromatic amines is 1. The summed E-state index contributed by atoms with van der Waals surface area (Å²) in [7, 11) is 0. The van der Waals surface area contributed by atoms with Gasteiger partial charge in [-0.1, -0.05) is 72.8 Å². The highest BCUT2D eigenvalue weighted by Gasteiger charge is 2.18. The highest BCUT2D eigenvalue weighted by atomic mass is 16.3. The van der Waals surface area contributed by atoms with Crippen LogP contribution < -0.4 is 0 Å². The maximum atomic E-state index is 6.58. The molecule has 2 nitrogen and oxygen atoms in total. The van der Waals surface area contributed by atoms with Crippen LogP contribution in [0.2, 0.25) is 0 Å². The van der Waals surface area contributed by atoms with E-state index < -0.39 is 0 Å². The Labute approximate surface area is 172 Å². The van der Waals surface area contributed by atoms with E-state index in [4.69, 9.17) is 4.42 Å². The lowest BCUT2D eigenvalue weighted by Crippen LogP contribution is -1.82. The Kier molecular flexibility index (Phi) is 3.03. The number of para-hydroxylation sites is 1. The highest BCUT2D eigenvalue weighted by Crippen LogP contribution is 2.43. The molecule has 7 aromatic rings. The molecule has 2 heterocycles. The van der Waals surface area contributed by atoms with Gasteiger partial charge in [0.2, 0.25) is 0 Å². The molecule has 140 valence electrons. The molecule has 0 saturated carbocycles. The molecule has 0 radical (unpaired) electrons. The quantitative estimate of drug-likeness (QED) is 0.305. The van der Waals surface area contributed by atoms with E-state index >= 15 is 0 Å². The third kappa shape index (κ3) is 2.03. The third-order valence-electron chi connectivity index (χ3n) is 6.20. The summed E-state index contributed by atoms with van der Waals surface area (Å²) in [6.07, 6.45) is 0. The lowest BCUT2D eigenvalue weighted by atomic mass is 9.95. The number of nitrogens with one attached hydrogen (secondary N) is 1. The molecule has 0 amide bonds. The second kappa shape index (κ2) is 5.74. The van der Waals surface area contributed by atoms with Crippen molar-refractivity contribution in [2.45, 2.75) is 0 Å². The maximum Gasteiger partial charge on any atom is 0.145 e. The molecule has 5 aromatic carbocycles. The number of furan rings is 1. The number of rotatable bonds is 1. The van der Waals surface area contributed by atoms with Crippen molar-refractivity contribution in [3.8, 4) is 11.1 Å². The molecule has 0 bridgehead atoms. The molecule has 0 aliphatic carbocycles. The zero-order valence-electron chi connectivity index (χ0n) is 16.1. The standard InChI is InChI=1S/C28H17NO/c1-2-8-17(9-3-1)22-16-25-26(19-11-5-4-10-18(19)22)21-14-15-24-27(28(21)30-25)20-12-6-7-13-23(20)29-24/h1-16,29H. The van der Waals surface area contributed by atoms with Gasteiger partial charge in [-0.2, -0.15) is 0 Å². The van der Waals surface area contributed by atoms with Gasteiger partial charge < -0.3 is 9.40 Å². The lowest BCUT2D eigenvalue weighted by molar-refractivity contribution is 0.673. The van der Waals surface area contributed by atoms with Crippen molar-refractivity contribution in [1.82, 2.24) is 4.98 Å². The molecule has 1 N–H and O–H groups in total. The summed E-state index contributed by atoms with van der Waals surface area (Å²) in [5.41, 5.74) is 6.53. The fraction of sp³-hybridized carbons (Fsp3) is 0. The summed E-state index contributed by atoms with van der Waals surface area (Å²) < 4.78 is 6.58. The van der Waals surface area contributed by atoms with Gasteiger partial charge in [0.1, 0.15) is 11.2 Å². The van der Waals surface area contributed by atoms with Crippen molar-refractivity contribution >= 4 is 54.5 Å². The van der Waals surface area contributed by atoms with Crippen LogP contribution in [0.15, 0.2) is 101 Å². The van der Waals surface area contributed by atoms with Gasteiger partial charge in [-0.25, -0.2) is 0 Å². The van der Waals surface area contributed by atoms with E-state index in [2.05, 4.69) is 102 Å². The van der Waals surface area contributed by atoms with Crippen LogP contribution in [0.5, 0.6) is 0 Å². The number of hydrogen-bond acceptors (Lipinski definition) is 1.